The molecule has 1 N–H and O–H groups in total. The molecule has 0 spiro atoms. The molecular formula is C13H24N2O3. The van der Waals surface area contributed by atoms with E-state index in [2.05, 4.69) is 4.90 Å². The molecule has 2 aliphatic heterocycles. The Kier molecular flexibility index (Phi) is 3.56. The molecule has 1 amide bonds. The lowest BCUT2D eigenvalue weighted by molar-refractivity contribution is -0.00768. The predicted octanol–water partition coefficient (Wildman–Crippen LogP) is 1.06. The molecule has 3 unspecified atom stereocenters. The van der Waals surface area contributed by atoms with Gasteiger partial charge in [0.05, 0.1) is 6.10 Å². The Morgan fingerprint density at radius 1 is 1.33 bits per heavy atom. The fraction of sp³-hybridized carbons (Fsp3) is 0.923. The zero-order valence-corrected chi connectivity index (χ0v) is 11.7. The molecule has 2 aliphatic rings. The van der Waals surface area contributed by atoms with Crippen LogP contribution in [0.1, 0.15) is 34.1 Å². The molecule has 0 aliphatic carbocycles. The van der Waals surface area contributed by atoms with Gasteiger partial charge in [0.25, 0.3) is 0 Å². The number of hydrogen-bond donors (Lipinski definition) is 1. The molecule has 0 saturated carbocycles. The van der Waals surface area contributed by atoms with Crippen LogP contribution in [0.25, 0.3) is 0 Å². The number of ether oxygens (including phenoxy) is 1. The molecule has 3 atom stereocenters. The van der Waals surface area contributed by atoms with Crippen molar-refractivity contribution in [2.75, 3.05) is 19.6 Å². The molecular weight excluding hydrogens is 232 g/mol. The molecule has 0 radical (unpaired) electrons. The second-order valence-electron chi connectivity index (χ2n) is 6.37. The van der Waals surface area contributed by atoms with Crippen molar-refractivity contribution in [2.24, 2.45) is 0 Å². The first kappa shape index (κ1) is 13.6. The Hall–Kier alpha value is -0.810. The van der Waals surface area contributed by atoms with Crippen LogP contribution in [-0.2, 0) is 4.74 Å². The Labute approximate surface area is 109 Å². The number of carbonyl (C=O) groups excluding carboxylic acids is 1. The van der Waals surface area contributed by atoms with Crippen LogP contribution in [0, 0.1) is 0 Å². The van der Waals surface area contributed by atoms with Crippen LogP contribution in [0.2, 0.25) is 0 Å². The molecule has 5 nitrogen and oxygen atoms in total. The number of rotatable bonds is 0. The van der Waals surface area contributed by atoms with E-state index in [-0.39, 0.29) is 24.3 Å². The highest BCUT2D eigenvalue weighted by Gasteiger charge is 2.42. The largest absolute Gasteiger partial charge is 0.444 e. The normalized spacial score (nSPS) is 33.4. The van der Waals surface area contributed by atoms with Crippen molar-refractivity contribution in [2.45, 2.75) is 57.9 Å². The van der Waals surface area contributed by atoms with Crippen LogP contribution in [0.5, 0.6) is 0 Å². The van der Waals surface area contributed by atoms with Gasteiger partial charge >= 0.3 is 6.09 Å². The maximum Gasteiger partial charge on any atom is 0.410 e. The van der Waals surface area contributed by atoms with Crippen molar-refractivity contribution in [1.82, 2.24) is 9.80 Å². The fourth-order valence-corrected chi connectivity index (χ4v) is 2.89. The van der Waals surface area contributed by atoms with Crippen LogP contribution in [0.15, 0.2) is 0 Å². The Balaban J connectivity index is 2.01. The number of aliphatic hydroxyl groups is 1. The SMILES string of the molecule is CC1C2CC(O)CN2CCN1C(=O)OC(C)(C)C. The van der Waals surface area contributed by atoms with Gasteiger partial charge in [0.2, 0.25) is 0 Å². The lowest BCUT2D eigenvalue weighted by Gasteiger charge is -2.43. The minimum absolute atomic E-state index is 0.103. The van der Waals surface area contributed by atoms with Gasteiger partial charge in [0.15, 0.2) is 0 Å². The van der Waals surface area contributed by atoms with Gasteiger partial charge in [0, 0.05) is 31.7 Å². The summed E-state index contributed by atoms with van der Waals surface area (Å²) in [5.74, 6) is 0. The van der Waals surface area contributed by atoms with Crippen LogP contribution in [0.4, 0.5) is 4.79 Å². The summed E-state index contributed by atoms with van der Waals surface area (Å²) in [5.41, 5.74) is -0.455. The second kappa shape index (κ2) is 4.70. The van der Waals surface area contributed by atoms with Crippen molar-refractivity contribution in [3.8, 4) is 0 Å². The number of fused-ring (bicyclic) bond motifs is 1. The van der Waals surface area contributed by atoms with Crippen LogP contribution in [-0.4, -0.2) is 64.4 Å². The average molecular weight is 256 g/mol. The summed E-state index contributed by atoms with van der Waals surface area (Å²) in [6, 6.07) is 0.368. The maximum absolute atomic E-state index is 12.1. The third-order valence-corrected chi connectivity index (χ3v) is 3.73. The molecule has 2 rings (SSSR count). The molecule has 0 aromatic carbocycles. The number of carbonyl (C=O) groups is 1. The topological polar surface area (TPSA) is 53.0 Å². The summed E-state index contributed by atoms with van der Waals surface area (Å²) in [4.78, 5) is 16.2. The number of amides is 1. The molecule has 18 heavy (non-hydrogen) atoms. The van der Waals surface area contributed by atoms with E-state index in [1.807, 2.05) is 27.7 Å². The summed E-state index contributed by atoms with van der Waals surface area (Å²) >= 11 is 0. The highest BCUT2D eigenvalue weighted by molar-refractivity contribution is 5.68. The van der Waals surface area contributed by atoms with Gasteiger partial charge in [-0.25, -0.2) is 4.79 Å². The van der Waals surface area contributed by atoms with Gasteiger partial charge in [-0.1, -0.05) is 0 Å². The van der Waals surface area contributed by atoms with E-state index in [0.717, 1.165) is 19.5 Å². The van der Waals surface area contributed by atoms with Gasteiger partial charge in [-0.3, -0.25) is 4.90 Å². The Morgan fingerprint density at radius 3 is 2.61 bits per heavy atom. The number of nitrogens with zero attached hydrogens (tertiary/aromatic N) is 2. The highest BCUT2D eigenvalue weighted by Crippen LogP contribution is 2.28. The molecule has 0 bridgehead atoms. The highest BCUT2D eigenvalue weighted by atomic mass is 16.6. The summed E-state index contributed by atoms with van der Waals surface area (Å²) in [6.07, 6.45) is 0.257. The summed E-state index contributed by atoms with van der Waals surface area (Å²) in [7, 11) is 0. The number of aliphatic hydroxyl groups excluding tert-OH is 1. The molecule has 2 heterocycles. The van der Waals surface area contributed by atoms with E-state index < -0.39 is 5.60 Å². The number of hydrogen-bond acceptors (Lipinski definition) is 4. The van der Waals surface area contributed by atoms with Crippen LogP contribution >= 0.6 is 0 Å². The molecule has 2 saturated heterocycles. The molecule has 0 aromatic heterocycles. The van der Waals surface area contributed by atoms with E-state index >= 15 is 0 Å². The monoisotopic (exact) mass is 256 g/mol. The van der Waals surface area contributed by atoms with Gasteiger partial charge in [-0.05, 0) is 34.1 Å². The summed E-state index contributed by atoms with van der Waals surface area (Å²) in [6.45, 7) is 9.92. The predicted molar refractivity (Wildman–Crippen MR) is 68.4 cm³/mol. The fourth-order valence-electron chi connectivity index (χ4n) is 2.89. The van der Waals surface area contributed by atoms with Gasteiger partial charge < -0.3 is 14.7 Å². The van der Waals surface area contributed by atoms with E-state index in [4.69, 9.17) is 4.74 Å². The van der Waals surface area contributed by atoms with Gasteiger partial charge in [-0.15, -0.1) is 0 Å². The molecule has 104 valence electrons. The third kappa shape index (κ3) is 2.78. The van der Waals surface area contributed by atoms with E-state index in [1.165, 1.54) is 0 Å². The van der Waals surface area contributed by atoms with Gasteiger partial charge in [0.1, 0.15) is 5.60 Å². The van der Waals surface area contributed by atoms with Crippen LogP contribution < -0.4 is 0 Å². The zero-order chi connectivity index (χ0) is 13.5. The third-order valence-electron chi connectivity index (χ3n) is 3.73. The zero-order valence-electron chi connectivity index (χ0n) is 11.7. The molecule has 0 aromatic rings. The average Bonchev–Trinajstić information content (AvgIpc) is 2.57. The summed E-state index contributed by atoms with van der Waals surface area (Å²) < 4.78 is 5.43. The first-order chi connectivity index (χ1) is 8.28. The Morgan fingerprint density at radius 2 is 2.00 bits per heavy atom. The smallest absolute Gasteiger partial charge is 0.410 e. The van der Waals surface area contributed by atoms with Crippen molar-refractivity contribution in [3.63, 3.8) is 0 Å². The number of piperazine rings is 1. The molecule has 2 fully saturated rings. The molecule has 5 heteroatoms. The second-order valence-corrected chi connectivity index (χ2v) is 6.37. The first-order valence-electron chi connectivity index (χ1n) is 6.69. The minimum atomic E-state index is -0.455. The van der Waals surface area contributed by atoms with Gasteiger partial charge in [-0.2, -0.15) is 0 Å². The van der Waals surface area contributed by atoms with E-state index in [1.54, 1.807) is 4.90 Å². The standard InChI is InChI=1S/C13H24N2O3/c1-9-11-7-10(16)8-14(11)5-6-15(9)12(17)18-13(2,3)4/h9-11,16H,5-8H2,1-4H3. The van der Waals surface area contributed by atoms with E-state index in [0.29, 0.717) is 6.54 Å². The van der Waals surface area contributed by atoms with Crippen molar-refractivity contribution < 1.29 is 14.6 Å². The maximum atomic E-state index is 12.1. The van der Waals surface area contributed by atoms with Crippen molar-refractivity contribution >= 4 is 6.09 Å². The minimum Gasteiger partial charge on any atom is -0.444 e. The quantitative estimate of drug-likeness (QED) is 0.704. The van der Waals surface area contributed by atoms with Crippen molar-refractivity contribution in [1.29, 1.82) is 0 Å². The van der Waals surface area contributed by atoms with Crippen molar-refractivity contribution in [3.05, 3.63) is 0 Å². The Bertz CT molecular complexity index is 327. The van der Waals surface area contributed by atoms with E-state index in [9.17, 15) is 9.90 Å². The summed E-state index contributed by atoms with van der Waals surface area (Å²) in [5, 5.41) is 9.71. The van der Waals surface area contributed by atoms with Crippen LogP contribution in [0.3, 0.4) is 0 Å². The first-order valence-corrected chi connectivity index (χ1v) is 6.69. The lowest BCUT2D eigenvalue weighted by Crippen LogP contribution is -2.58. The lowest BCUT2D eigenvalue weighted by atomic mass is 10.0.